The third kappa shape index (κ3) is 2.73. The molecule has 0 N–H and O–H groups in total. The number of nitro groups is 1. The summed E-state index contributed by atoms with van der Waals surface area (Å²) >= 11 is 0. The summed E-state index contributed by atoms with van der Waals surface area (Å²) in [4.78, 5) is 22.9. The molecule has 0 saturated heterocycles. The van der Waals surface area contributed by atoms with Crippen molar-refractivity contribution >= 4 is 17.7 Å². The molecule has 23 heavy (non-hydrogen) atoms. The smallest absolute Gasteiger partial charge is 0.334 e. The molecule has 1 aliphatic rings. The Morgan fingerprint density at radius 2 is 2.00 bits per heavy atom. The molecular weight excluding hydrogens is 294 g/mol. The van der Waals surface area contributed by atoms with E-state index in [4.69, 9.17) is 4.74 Å². The number of carbonyl (C=O) groups is 1. The van der Waals surface area contributed by atoms with Crippen molar-refractivity contribution in [3.63, 3.8) is 0 Å². The highest BCUT2D eigenvalue weighted by molar-refractivity contribution is 5.99. The number of hydrogen-bond acceptors (Lipinski definition) is 4. The number of fused-ring (bicyclic) bond motifs is 1. The van der Waals surface area contributed by atoms with Crippen molar-refractivity contribution in [1.29, 1.82) is 0 Å². The lowest BCUT2D eigenvalue weighted by Gasteiger charge is -2.16. The Bertz CT molecular complexity index is 810. The molecule has 0 amide bonds. The minimum atomic E-state index is -0.432. The molecule has 0 aliphatic heterocycles. The molecule has 0 fully saturated rings. The quantitative estimate of drug-likeness (QED) is 0.490. The standard InChI is InChI=1S/C18H15NO4/c1-2-23-18(20)16-11-12-6-3-4-9-15(12)17(16)13-7-5-8-14(10-13)19(21)22/h3-11,17H,2H2,1H3. The Kier molecular flexibility index (Phi) is 3.93. The van der Waals surface area contributed by atoms with Gasteiger partial charge in [-0.05, 0) is 29.7 Å². The first-order valence-corrected chi connectivity index (χ1v) is 7.33. The number of carbonyl (C=O) groups excluding carboxylic acids is 1. The van der Waals surface area contributed by atoms with Gasteiger partial charge >= 0.3 is 5.97 Å². The van der Waals surface area contributed by atoms with Crippen molar-refractivity contribution < 1.29 is 14.5 Å². The Balaban J connectivity index is 2.10. The highest BCUT2D eigenvalue weighted by atomic mass is 16.6. The second-order valence-corrected chi connectivity index (χ2v) is 5.23. The van der Waals surface area contributed by atoms with Crippen LogP contribution in [0.15, 0.2) is 54.1 Å². The van der Waals surface area contributed by atoms with Gasteiger partial charge in [-0.1, -0.05) is 36.4 Å². The Morgan fingerprint density at radius 1 is 1.22 bits per heavy atom. The molecule has 3 rings (SSSR count). The fourth-order valence-electron chi connectivity index (χ4n) is 2.89. The number of nitro benzene ring substituents is 1. The van der Waals surface area contributed by atoms with Gasteiger partial charge in [0.2, 0.25) is 0 Å². The van der Waals surface area contributed by atoms with E-state index in [1.165, 1.54) is 12.1 Å². The van der Waals surface area contributed by atoms with Gasteiger partial charge in [0, 0.05) is 23.6 Å². The SMILES string of the molecule is CCOC(=O)C1=Cc2ccccc2C1c1cccc([N+](=O)[O-])c1. The molecule has 5 nitrogen and oxygen atoms in total. The van der Waals surface area contributed by atoms with Crippen molar-refractivity contribution in [1.82, 2.24) is 0 Å². The van der Waals surface area contributed by atoms with Gasteiger partial charge in [-0.3, -0.25) is 10.1 Å². The number of non-ortho nitro benzene ring substituents is 1. The van der Waals surface area contributed by atoms with Gasteiger partial charge in [0.05, 0.1) is 11.5 Å². The number of nitrogens with zero attached hydrogens (tertiary/aromatic N) is 1. The monoisotopic (exact) mass is 309 g/mol. The van der Waals surface area contributed by atoms with E-state index in [9.17, 15) is 14.9 Å². The second kappa shape index (κ2) is 6.04. The van der Waals surface area contributed by atoms with E-state index in [-0.39, 0.29) is 24.2 Å². The van der Waals surface area contributed by atoms with Crippen LogP contribution in [0, 0.1) is 10.1 Å². The van der Waals surface area contributed by atoms with Gasteiger partial charge < -0.3 is 4.74 Å². The average Bonchev–Trinajstić information content (AvgIpc) is 2.94. The normalized spacial score (nSPS) is 15.7. The molecule has 0 spiro atoms. The summed E-state index contributed by atoms with van der Waals surface area (Å²) in [7, 11) is 0. The molecule has 1 atom stereocenters. The zero-order chi connectivity index (χ0) is 16.4. The summed E-state index contributed by atoms with van der Waals surface area (Å²) in [6.45, 7) is 2.04. The molecule has 0 heterocycles. The lowest BCUT2D eigenvalue weighted by atomic mass is 9.88. The maximum atomic E-state index is 12.3. The first-order valence-electron chi connectivity index (χ1n) is 7.33. The molecule has 0 aromatic heterocycles. The van der Waals surface area contributed by atoms with Gasteiger partial charge in [0.25, 0.3) is 5.69 Å². The van der Waals surface area contributed by atoms with E-state index in [1.807, 2.05) is 24.3 Å². The largest absolute Gasteiger partial charge is 0.463 e. The van der Waals surface area contributed by atoms with Crippen molar-refractivity contribution in [2.45, 2.75) is 12.8 Å². The predicted octanol–water partition coefficient (Wildman–Crippen LogP) is 3.69. The van der Waals surface area contributed by atoms with E-state index in [1.54, 1.807) is 25.1 Å². The van der Waals surface area contributed by atoms with Crippen molar-refractivity contribution in [3.8, 4) is 0 Å². The highest BCUT2D eigenvalue weighted by Gasteiger charge is 2.32. The number of ether oxygens (including phenoxy) is 1. The molecule has 116 valence electrons. The number of benzene rings is 2. The molecule has 0 radical (unpaired) electrons. The van der Waals surface area contributed by atoms with Crippen LogP contribution in [0.25, 0.3) is 6.08 Å². The number of esters is 1. The molecule has 2 aromatic rings. The lowest BCUT2D eigenvalue weighted by molar-refractivity contribution is -0.384. The first-order chi connectivity index (χ1) is 11.1. The average molecular weight is 309 g/mol. The van der Waals surface area contributed by atoms with Crippen LogP contribution in [0.3, 0.4) is 0 Å². The van der Waals surface area contributed by atoms with Gasteiger partial charge in [-0.15, -0.1) is 0 Å². The number of rotatable bonds is 4. The molecular formula is C18H15NO4. The van der Waals surface area contributed by atoms with Crippen LogP contribution >= 0.6 is 0 Å². The van der Waals surface area contributed by atoms with Crippen LogP contribution in [0.1, 0.15) is 29.5 Å². The summed E-state index contributed by atoms with van der Waals surface area (Å²) in [6, 6.07) is 14.0. The highest BCUT2D eigenvalue weighted by Crippen LogP contribution is 2.42. The maximum Gasteiger partial charge on any atom is 0.334 e. The third-order valence-electron chi connectivity index (χ3n) is 3.85. The van der Waals surface area contributed by atoms with E-state index in [2.05, 4.69) is 0 Å². The van der Waals surface area contributed by atoms with E-state index in [0.717, 1.165) is 11.1 Å². The molecule has 1 unspecified atom stereocenters. The molecule has 0 bridgehead atoms. The summed E-state index contributed by atoms with van der Waals surface area (Å²) < 4.78 is 5.15. The minimum absolute atomic E-state index is 0.00934. The summed E-state index contributed by atoms with van der Waals surface area (Å²) in [6.07, 6.45) is 1.80. The second-order valence-electron chi connectivity index (χ2n) is 5.23. The molecule has 5 heteroatoms. The zero-order valence-electron chi connectivity index (χ0n) is 12.6. The van der Waals surface area contributed by atoms with Crippen molar-refractivity contribution in [2.24, 2.45) is 0 Å². The van der Waals surface area contributed by atoms with Crippen LogP contribution in [0.4, 0.5) is 5.69 Å². The van der Waals surface area contributed by atoms with Gasteiger partial charge in [0.1, 0.15) is 0 Å². The lowest BCUT2D eigenvalue weighted by Crippen LogP contribution is -2.13. The fourth-order valence-corrected chi connectivity index (χ4v) is 2.89. The Morgan fingerprint density at radius 3 is 2.74 bits per heavy atom. The molecule has 2 aromatic carbocycles. The Hall–Kier alpha value is -2.95. The van der Waals surface area contributed by atoms with Gasteiger partial charge in [-0.25, -0.2) is 4.79 Å². The van der Waals surface area contributed by atoms with Crippen LogP contribution in [0.2, 0.25) is 0 Å². The van der Waals surface area contributed by atoms with Crippen molar-refractivity contribution in [2.75, 3.05) is 6.61 Å². The van der Waals surface area contributed by atoms with E-state index >= 15 is 0 Å². The Labute approximate surface area is 133 Å². The molecule has 0 saturated carbocycles. The maximum absolute atomic E-state index is 12.3. The van der Waals surface area contributed by atoms with E-state index in [0.29, 0.717) is 11.1 Å². The van der Waals surface area contributed by atoms with Crippen LogP contribution in [-0.4, -0.2) is 17.5 Å². The summed E-state index contributed by atoms with van der Waals surface area (Å²) in [5, 5.41) is 11.0. The topological polar surface area (TPSA) is 69.4 Å². The minimum Gasteiger partial charge on any atom is -0.463 e. The van der Waals surface area contributed by atoms with Crippen LogP contribution in [-0.2, 0) is 9.53 Å². The molecule has 1 aliphatic carbocycles. The van der Waals surface area contributed by atoms with Gasteiger partial charge in [-0.2, -0.15) is 0 Å². The summed E-state index contributed by atoms with van der Waals surface area (Å²) in [5.74, 6) is -0.731. The van der Waals surface area contributed by atoms with Crippen molar-refractivity contribution in [3.05, 3.63) is 80.9 Å². The zero-order valence-corrected chi connectivity index (χ0v) is 12.6. The third-order valence-corrected chi connectivity index (χ3v) is 3.85. The summed E-state index contributed by atoms with van der Waals surface area (Å²) in [5.41, 5.74) is 3.12. The first kappa shape index (κ1) is 15.0. The fraction of sp³-hybridized carbons (Fsp3) is 0.167. The van der Waals surface area contributed by atoms with Crippen LogP contribution < -0.4 is 0 Å². The van der Waals surface area contributed by atoms with Crippen LogP contribution in [0.5, 0.6) is 0 Å². The van der Waals surface area contributed by atoms with E-state index < -0.39 is 4.92 Å². The van der Waals surface area contributed by atoms with Gasteiger partial charge in [0.15, 0.2) is 0 Å². The predicted molar refractivity (Wildman–Crippen MR) is 86.0 cm³/mol. The number of hydrogen-bond donors (Lipinski definition) is 0.